The number of benzene rings is 1. The van der Waals surface area contributed by atoms with Crippen LogP contribution in [0.1, 0.15) is 38.4 Å². The molecule has 0 amide bonds. The molecule has 0 aromatic heterocycles. The lowest BCUT2D eigenvalue weighted by molar-refractivity contribution is -0.384. The van der Waals surface area contributed by atoms with Gasteiger partial charge in [-0.2, -0.15) is 0 Å². The van der Waals surface area contributed by atoms with Gasteiger partial charge in [-0.15, -0.1) is 0 Å². The molecule has 0 radical (unpaired) electrons. The minimum absolute atomic E-state index is 0.00169. The molecule has 1 rings (SSSR count). The fourth-order valence-corrected chi connectivity index (χ4v) is 1.70. The van der Waals surface area contributed by atoms with Gasteiger partial charge in [-0.25, -0.2) is 0 Å². The molecule has 2 atom stereocenters. The molecule has 0 fully saturated rings. The lowest BCUT2D eigenvalue weighted by atomic mass is 9.97. The number of nitro benzene ring substituents is 1. The highest BCUT2D eigenvalue weighted by atomic mass is 16.6. The molecule has 0 unspecified atom stereocenters. The van der Waals surface area contributed by atoms with E-state index in [0.717, 1.165) is 0 Å². The van der Waals surface area contributed by atoms with Crippen LogP contribution >= 0.6 is 0 Å². The first-order valence-electron chi connectivity index (χ1n) is 6.43. The van der Waals surface area contributed by atoms with Gasteiger partial charge in [0.25, 0.3) is 5.69 Å². The fourth-order valence-electron chi connectivity index (χ4n) is 1.70. The highest BCUT2D eigenvalue weighted by molar-refractivity contribution is 5.79. The van der Waals surface area contributed by atoms with E-state index in [9.17, 15) is 25.1 Å². The third kappa shape index (κ3) is 4.71. The van der Waals surface area contributed by atoms with Gasteiger partial charge >= 0.3 is 0 Å². The van der Waals surface area contributed by atoms with Crippen LogP contribution in [-0.4, -0.2) is 27.0 Å². The number of non-ortho nitro benzene ring substituents is 1. The number of hydrogen-bond acceptors (Lipinski definition) is 5. The van der Waals surface area contributed by atoms with Crippen molar-refractivity contribution in [2.75, 3.05) is 0 Å². The molecule has 2 N–H and O–H groups in total. The Hall–Kier alpha value is -1.79. The molecule has 0 saturated heterocycles. The van der Waals surface area contributed by atoms with Crippen molar-refractivity contribution in [1.82, 2.24) is 0 Å². The van der Waals surface area contributed by atoms with Crippen LogP contribution in [-0.2, 0) is 4.79 Å². The summed E-state index contributed by atoms with van der Waals surface area (Å²) in [5, 5.41) is 30.0. The number of rotatable bonds is 7. The number of Topliss-reactive ketones (excluding diaryl/α,β-unsaturated/α-hetero) is 1. The fraction of sp³-hybridized carbons (Fsp3) is 0.500. The van der Waals surface area contributed by atoms with Crippen LogP contribution < -0.4 is 0 Å². The standard InChI is InChI=1S/C14H19NO5/c1-9(2)13(17)7-12(16)8-14(18)10-3-5-11(6-4-10)15(19)20/h3-6,9,13-14,17-18H,7-8H2,1-2H3/t13-,14+/m1/s1. The van der Waals surface area contributed by atoms with E-state index < -0.39 is 17.1 Å². The molecule has 0 aliphatic rings. The summed E-state index contributed by atoms with van der Waals surface area (Å²) in [6.07, 6.45) is -1.84. The van der Waals surface area contributed by atoms with Gasteiger partial charge in [0, 0.05) is 25.0 Å². The Bertz CT molecular complexity index is 469. The Morgan fingerprint density at radius 3 is 2.20 bits per heavy atom. The van der Waals surface area contributed by atoms with Crippen LogP contribution in [0, 0.1) is 16.0 Å². The van der Waals surface area contributed by atoms with E-state index in [1.54, 1.807) is 0 Å². The second-order valence-electron chi connectivity index (χ2n) is 5.12. The van der Waals surface area contributed by atoms with Crippen molar-refractivity contribution in [1.29, 1.82) is 0 Å². The number of aliphatic hydroxyl groups excluding tert-OH is 2. The molecule has 20 heavy (non-hydrogen) atoms. The largest absolute Gasteiger partial charge is 0.392 e. The maximum absolute atomic E-state index is 11.7. The zero-order valence-electron chi connectivity index (χ0n) is 11.5. The van der Waals surface area contributed by atoms with E-state index >= 15 is 0 Å². The Labute approximate surface area is 117 Å². The Kier molecular flexibility index (Phi) is 5.79. The number of nitro groups is 1. The Balaban J connectivity index is 2.60. The zero-order chi connectivity index (χ0) is 15.3. The van der Waals surface area contributed by atoms with Crippen LogP contribution in [0.3, 0.4) is 0 Å². The molecule has 110 valence electrons. The molecular formula is C14H19NO5. The molecule has 1 aromatic carbocycles. The van der Waals surface area contributed by atoms with Crippen molar-refractivity contribution in [3.8, 4) is 0 Å². The van der Waals surface area contributed by atoms with E-state index in [2.05, 4.69) is 0 Å². The topological polar surface area (TPSA) is 101 Å². The van der Waals surface area contributed by atoms with Crippen molar-refractivity contribution in [2.45, 2.75) is 38.9 Å². The predicted molar refractivity (Wildman–Crippen MR) is 73.1 cm³/mol. The first kappa shape index (κ1) is 16.3. The first-order chi connectivity index (χ1) is 9.31. The molecule has 0 saturated carbocycles. The summed E-state index contributed by atoms with van der Waals surface area (Å²) in [6.45, 7) is 3.62. The first-order valence-corrected chi connectivity index (χ1v) is 6.43. The molecule has 6 heteroatoms. The van der Waals surface area contributed by atoms with E-state index in [1.807, 2.05) is 13.8 Å². The average molecular weight is 281 g/mol. The van der Waals surface area contributed by atoms with Crippen LogP contribution in [0.5, 0.6) is 0 Å². The van der Waals surface area contributed by atoms with Crippen LogP contribution in [0.4, 0.5) is 5.69 Å². The number of hydrogen-bond donors (Lipinski definition) is 2. The van der Waals surface area contributed by atoms with Gasteiger partial charge in [-0.05, 0) is 23.6 Å². The number of aliphatic hydroxyl groups is 2. The highest BCUT2D eigenvalue weighted by Gasteiger charge is 2.18. The van der Waals surface area contributed by atoms with E-state index in [1.165, 1.54) is 24.3 Å². The molecule has 6 nitrogen and oxygen atoms in total. The minimum Gasteiger partial charge on any atom is -0.392 e. The Morgan fingerprint density at radius 1 is 1.20 bits per heavy atom. The van der Waals surface area contributed by atoms with Gasteiger partial charge in [0.2, 0.25) is 0 Å². The van der Waals surface area contributed by atoms with Crippen molar-refractivity contribution in [2.24, 2.45) is 5.92 Å². The van der Waals surface area contributed by atoms with Crippen molar-refractivity contribution >= 4 is 11.5 Å². The predicted octanol–water partition coefficient (Wildman–Crippen LogP) is 1.99. The minimum atomic E-state index is -1.01. The third-order valence-corrected chi connectivity index (χ3v) is 3.12. The SMILES string of the molecule is CC(C)[C@H](O)CC(=O)C[C@H](O)c1ccc([N+](=O)[O-])cc1. The van der Waals surface area contributed by atoms with Gasteiger partial charge in [-0.1, -0.05) is 13.8 Å². The van der Waals surface area contributed by atoms with Gasteiger partial charge in [0.15, 0.2) is 0 Å². The lowest BCUT2D eigenvalue weighted by Gasteiger charge is -2.15. The van der Waals surface area contributed by atoms with Crippen LogP contribution in [0.15, 0.2) is 24.3 Å². The summed E-state index contributed by atoms with van der Waals surface area (Å²) >= 11 is 0. The molecule has 0 bridgehead atoms. The van der Waals surface area contributed by atoms with Crippen LogP contribution in [0.25, 0.3) is 0 Å². The molecule has 0 aliphatic heterocycles. The highest BCUT2D eigenvalue weighted by Crippen LogP contribution is 2.21. The van der Waals surface area contributed by atoms with Crippen molar-refractivity contribution in [3.63, 3.8) is 0 Å². The summed E-state index contributed by atoms with van der Waals surface area (Å²) in [6, 6.07) is 5.42. The molecular weight excluding hydrogens is 262 g/mol. The van der Waals surface area contributed by atoms with Crippen molar-refractivity contribution in [3.05, 3.63) is 39.9 Å². The maximum atomic E-state index is 11.7. The summed E-state index contributed by atoms with van der Waals surface area (Å²) in [5.74, 6) is -0.257. The third-order valence-electron chi connectivity index (χ3n) is 3.12. The van der Waals surface area contributed by atoms with E-state index in [4.69, 9.17) is 0 Å². The maximum Gasteiger partial charge on any atom is 0.269 e. The van der Waals surface area contributed by atoms with Gasteiger partial charge in [0.05, 0.1) is 17.1 Å². The smallest absolute Gasteiger partial charge is 0.269 e. The van der Waals surface area contributed by atoms with Crippen molar-refractivity contribution < 1.29 is 19.9 Å². The Morgan fingerprint density at radius 2 is 1.75 bits per heavy atom. The number of carbonyl (C=O) groups excluding carboxylic acids is 1. The molecule has 1 aromatic rings. The summed E-state index contributed by atoms with van der Waals surface area (Å²) in [4.78, 5) is 21.7. The normalized spacial score (nSPS) is 14.1. The van der Waals surface area contributed by atoms with Gasteiger partial charge < -0.3 is 10.2 Å². The quantitative estimate of drug-likeness (QED) is 0.588. The summed E-state index contributed by atoms with van der Waals surface area (Å²) in [5.41, 5.74) is 0.380. The average Bonchev–Trinajstić information content (AvgIpc) is 2.38. The monoisotopic (exact) mass is 281 g/mol. The second kappa shape index (κ2) is 7.12. The second-order valence-corrected chi connectivity index (χ2v) is 5.12. The van der Waals surface area contributed by atoms with E-state index in [0.29, 0.717) is 5.56 Å². The van der Waals surface area contributed by atoms with Gasteiger partial charge in [-0.3, -0.25) is 14.9 Å². The van der Waals surface area contributed by atoms with Gasteiger partial charge in [0.1, 0.15) is 5.78 Å². The number of nitrogens with zero attached hydrogens (tertiary/aromatic N) is 1. The molecule has 0 aliphatic carbocycles. The number of ketones is 1. The molecule has 0 spiro atoms. The summed E-state index contributed by atoms with van der Waals surface area (Å²) < 4.78 is 0. The summed E-state index contributed by atoms with van der Waals surface area (Å²) in [7, 11) is 0. The lowest BCUT2D eigenvalue weighted by Crippen LogP contribution is -2.20. The molecule has 0 heterocycles. The zero-order valence-corrected chi connectivity index (χ0v) is 11.5. The van der Waals surface area contributed by atoms with Crippen LogP contribution in [0.2, 0.25) is 0 Å². The number of carbonyl (C=O) groups is 1. The van der Waals surface area contributed by atoms with E-state index in [-0.39, 0.29) is 30.2 Å².